The van der Waals surface area contributed by atoms with Crippen molar-refractivity contribution in [2.45, 2.75) is 6.92 Å². The van der Waals surface area contributed by atoms with Crippen LogP contribution in [0, 0.1) is 0 Å². The number of carbonyl (C=O) groups excluding carboxylic acids is 1. The molecule has 0 fully saturated rings. The Balaban J connectivity index is 2.34. The smallest absolute Gasteiger partial charge is 0.345 e. The van der Waals surface area contributed by atoms with Gasteiger partial charge in [0, 0.05) is 4.47 Å². The molecule has 5 nitrogen and oxygen atoms in total. The lowest BCUT2D eigenvalue weighted by Gasteiger charge is -2.01. The predicted octanol–water partition coefficient (Wildman–Crippen LogP) is 2.85. The summed E-state index contributed by atoms with van der Waals surface area (Å²) in [6, 6.07) is 5.58. The van der Waals surface area contributed by atoms with Gasteiger partial charge in [0.2, 0.25) is 0 Å². The first-order chi connectivity index (χ1) is 9.61. The zero-order valence-electron chi connectivity index (χ0n) is 10.4. The summed E-state index contributed by atoms with van der Waals surface area (Å²) in [7, 11) is 0. The molecule has 1 aromatic carbocycles. The van der Waals surface area contributed by atoms with E-state index >= 15 is 0 Å². The molecule has 0 amide bonds. The monoisotopic (exact) mass is 352 g/mol. The largest absolute Gasteiger partial charge is 0.462 e. The van der Waals surface area contributed by atoms with Gasteiger partial charge in [0.25, 0.3) is 5.56 Å². The van der Waals surface area contributed by atoms with Gasteiger partial charge in [-0.25, -0.2) is 9.78 Å². The fourth-order valence-electron chi connectivity index (χ4n) is 1.93. The van der Waals surface area contributed by atoms with Gasteiger partial charge >= 0.3 is 5.97 Å². The second-order valence-corrected chi connectivity index (χ2v) is 5.95. The lowest BCUT2D eigenvalue weighted by atomic mass is 10.3. The summed E-state index contributed by atoms with van der Waals surface area (Å²) < 4.78 is 8.16. The van der Waals surface area contributed by atoms with E-state index in [1.165, 1.54) is 21.9 Å². The summed E-state index contributed by atoms with van der Waals surface area (Å²) in [6.45, 7) is 1.91. The Morgan fingerprint density at radius 3 is 3.05 bits per heavy atom. The average molecular weight is 353 g/mol. The number of hydrogen-bond acceptors (Lipinski definition) is 5. The molecule has 0 radical (unpaired) electrons. The zero-order valence-corrected chi connectivity index (χ0v) is 12.8. The van der Waals surface area contributed by atoms with Crippen LogP contribution in [0.15, 0.2) is 33.7 Å². The standard InChI is InChI=1S/C13H9BrN2O3S/c1-2-19-12(18)8-6-15-13-16(11(8)17)9-4-3-7(14)5-10(9)20-13/h3-6H,2H2,1H3. The van der Waals surface area contributed by atoms with Crippen molar-refractivity contribution in [3.63, 3.8) is 0 Å². The molecule has 3 rings (SSSR count). The number of halogens is 1. The molecule has 0 saturated heterocycles. The van der Waals surface area contributed by atoms with Crippen LogP contribution in [0.2, 0.25) is 0 Å². The minimum absolute atomic E-state index is 0.0491. The Labute approximate surface area is 126 Å². The van der Waals surface area contributed by atoms with Crippen molar-refractivity contribution in [3.05, 3.63) is 44.8 Å². The van der Waals surface area contributed by atoms with Crippen LogP contribution in [-0.2, 0) is 4.74 Å². The van der Waals surface area contributed by atoms with Crippen LogP contribution >= 0.6 is 27.3 Å². The van der Waals surface area contributed by atoms with E-state index in [4.69, 9.17) is 4.74 Å². The summed E-state index contributed by atoms with van der Waals surface area (Å²) in [5.74, 6) is -0.643. The predicted molar refractivity (Wildman–Crippen MR) is 80.5 cm³/mol. The topological polar surface area (TPSA) is 60.7 Å². The number of nitrogens with zero attached hydrogens (tertiary/aromatic N) is 2. The molecular formula is C13H9BrN2O3S. The van der Waals surface area contributed by atoms with Gasteiger partial charge in [0.05, 0.1) is 23.0 Å². The van der Waals surface area contributed by atoms with Gasteiger partial charge in [-0.2, -0.15) is 0 Å². The highest BCUT2D eigenvalue weighted by molar-refractivity contribution is 9.10. The van der Waals surface area contributed by atoms with E-state index in [9.17, 15) is 9.59 Å². The lowest BCUT2D eigenvalue weighted by molar-refractivity contribution is 0.0523. The molecule has 0 saturated carbocycles. The van der Waals surface area contributed by atoms with E-state index in [1.807, 2.05) is 18.2 Å². The summed E-state index contributed by atoms with van der Waals surface area (Å²) in [5.41, 5.74) is 0.283. The molecule has 2 heterocycles. The van der Waals surface area contributed by atoms with Crippen molar-refractivity contribution in [2.75, 3.05) is 6.61 Å². The first kappa shape index (κ1) is 13.3. The minimum Gasteiger partial charge on any atom is -0.462 e. The number of esters is 1. The highest BCUT2D eigenvalue weighted by Crippen LogP contribution is 2.26. The second-order valence-electron chi connectivity index (χ2n) is 4.03. The van der Waals surface area contributed by atoms with E-state index in [0.29, 0.717) is 4.96 Å². The molecule has 0 atom stereocenters. The summed E-state index contributed by atoms with van der Waals surface area (Å²) in [5, 5.41) is 0. The van der Waals surface area contributed by atoms with Crippen molar-refractivity contribution in [1.82, 2.24) is 9.38 Å². The van der Waals surface area contributed by atoms with E-state index in [0.717, 1.165) is 14.7 Å². The van der Waals surface area contributed by atoms with E-state index in [1.54, 1.807) is 6.92 Å². The fourth-order valence-corrected chi connectivity index (χ4v) is 3.46. The van der Waals surface area contributed by atoms with Gasteiger partial charge in [-0.05, 0) is 25.1 Å². The van der Waals surface area contributed by atoms with E-state index < -0.39 is 11.5 Å². The number of aromatic nitrogens is 2. The van der Waals surface area contributed by atoms with Gasteiger partial charge < -0.3 is 4.74 Å². The highest BCUT2D eigenvalue weighted by Gasteiger charge is 2.17. The first-order valence-electron chi connectivity index (χ1n) is 5.88. The first-order valence-corrected chi connectivity index (χ1v) is 7.49. The molecule has 0 aliphatic carbocycles. The number of fused-ring (bicyclic) bond motifs is 3. The second kappa shape index (κ2) is 4.99. The Kier molecular flexibility index (Phi) is 3.31. The molecule has 0 bridgehead atoms. The van der Waals surface area contributed by atoms with Crippen molar-refractivity contribution >= 4 is 48.4 Å². The molecule has 0 spiro atoms. The fraction of sp³-hybridized carbons (Fsp3) is 0.154. The third-order valence-corrected chi connectivity index (χ3v) is 4.30. The summed E-state index contributed by atoms with van der Waals surface area (Å²) in [6.07, 6.45) is 1.28. The number of rotatable bonds is 2. The van der Waals surface area contributed by atoms with Crippen LogP contribution in [0.25, 0.3) is 15.2 Å². The van der Waals surface area contributed by atoms with Crippen molar-refractivity contribution in [2.24, 2.45) is 0 Å². The lowest BCUT2D eigenvalue weighted by Crippen LogP contribution is -2.23. The van der Waals surface area contributed by atoms with Gasteiger partial charge in [-0.1, -0.05) is 27.3 Å². The normalized spacial score (nSPS) is 11.1. The highest BCUT2D eigenvalue weighted by atomic mass is 79.9. The molecule has 0 aliphatic heterocycles. The molecule has 102 valence electrons. The molecule has 3 aromatic rings. The van der Waals surface area contributed by atoms with Gasteiger partial charge in [-0.3, -0.25) is 9.20 Å². The third kappa shape index (κ3) is 2.03. The quantitative estimate of drug-likeness (QED) is 0.665. The maximum atomic E-state index is 12.4. The van der Waals surface area contributed by atoms with Crippen LogP contribution in [-0.4, -0.2) is 22.0 Å². The Morgan fingerprint density at radius 2 is 2.30 bits per heavy atom. The summed E-state index contributed by atoms with van der Waals surface area (Å²) >= 11 is 4.78. The van der Waals surface area contributed by atoms with Crippen molar-refractivity contribution < 1.29 is 9.53 Å². The molecule has 0 unspecified atom stereocenters. The molecular weight excluding hydrogens is 344 g/mol. The molecule has 7 heteroatoms. The number of carbonyl (C=O) groups is 1. The number of ether oxygens (including phenoxy) is 1. The minimum atomic E-state index is -0.643. The van der Waals surface area contributed by atoms with Gasteiger partial charge in [0.15, 0.2) is 4.96 Å². The van der Waals surface area contributed by atoms with Crippen LogP contribution < -0.4 is 5.56 Å². The number of thiazole rings is 1. The number of hydrogen-bond donors (Lipinski definition) is 0. The van der Waals surface area contributed by atoms with Crippen LogP contribution in [0.1, 0.15) is 17.3 Å². The SMILES string of the molecule is CCOC(=O)c1cnc2sc3cc(Br)ccc3n2c1=O. The van der Waals surface area contributed by atoms with Gasteiger partial charge in [0.1, 0.15) is 5.56 Å². The average Bonchev–Trinajstić information content (AvgIpc) is 2.77. The Morgan fingerprint density at radius 1 is 1.50 bits per heavy atom. The Hall–Kier alpha value is -1.73. The zero-order chi connectivity index (χ0) is 14.3. The maximum Gasteiger partial charge on any atom is 0.345 e. The van der Waals surface area contributed by atoms with Crippen LogP contribution in [0.5, 0.6) is 0 Å². The summed E-state index contributed by atoms with van der Waals surface area (Å²) in [4.78, 5) is 28.9. The molecule has 0 aliphatic rings. The van der Waals surface area contributed by atoms with Crippen molar-refractivity contribution in [1.29, 1.82) is 0 Å². The van der Waals surface area contributed by atoms with Crippen LogP contribution in [0.4, 0.5) is 0 Å². The van der Waals surface area contributed by atoms with E-state index in [-0.39, 0.29) is 12.2 Å². The van der Waals surface area contributed by atoms with Crippen molar-refractivity contribution in [3.8, 4) is 0 Å². The van der Waals surface area contributed by atoms with E-state index in [2.05, 4.69) is 20.9 Å². The molecule has 20 heavy (non-hydrogen) atoms. The molecule has 0 N–H and O–H groups in total. The van der Waals surface area contributed by atoms with Gasteiger partial charge in [-0.15, -0.1) is 0 Å². The molecule has 2 aromatic heterocycles. The van der Waals surface area contributed by atoms with Crippen LogP contribution in [0.3, 0.4) is 0 Å². The maximum absolute atomic E-state index is 12.4. The number of benzene rings is 1. The third-order valence-electron chi connectivity index (χ3n) is 2.79. The Bertz CT molecular complexity index is 884.